The Labute approximate surface area is 289 Å². The van der Waals surface area contributed by atoms with Gasteiger partial charge in [0, 0.05) is 5.10 Å². The molecule has 2 N–H and O–H groups in total. The van der Waals surface area contributed by atoms with Crippen LogP contribution in [-0.4, -0.2) is 44.0 Å². The predicted molar refractivity (Wildman–Crippen MR) is 165 cm³/mol. The van der Waals surface area contributed by atoms with Crippen LogP contribution in [0, 0.1) is 10.1 Å². The molecule has 4 aromatic rings. The van der Waals surface area contributed by atoms with Gasteiger partial charge in [-0.1, -0.05) is 71.2 Å². The number of nitrogens with one attached hydrogen (secondary N) is 2. The summed E-state index contributed by atoms with van der Waals surface area (Å²) in [5, 5.41) is 18.5. The van der Waals surface area contributed by atoms with Crippen LogP contribution < -0.4 is 11.3 Å². The monoisotopic (exact) mass is 740 g/mol. The molecule has 3 atom stereocenters. The third-order valence-electron chi connectivity index (χ3n) is 8.43. The normalized spacial score (nSPS) is 18.9. The number of carbonyl (C=O) groups excluding carboxylic acids is 1. The predicted octanol–water partition coefficient (Wildman–Crippen LogP) is 6.53. The molecule has 278 valence electrons. The van der Waals surface area contributed by atoms with Crippen LogP contribution in [0.15, 0.2) is 83.7 Å². The molecule has 1 aliphatic rings. The Hall–Kier alpha value is -5.31. The number of aromatic amines is 1. The van der Waals surface area contributed by atoms with E-state index >= 15 is 0 Å². The fourth-order valence-electron chi connectivity index (χ4n) is 5.80. The van der Waals surface area contributed by atoms with Crippen molar-refractivity contribution >= 4 is 12.1 Å². The van der Waals surface area contributed by atoms with Crippen LogP contribution in [0.4, 0.5) is 37.1 Å². The molecular weight excluding hydrogens is 710 g/mol. The van der Waals surface area contributed by atoms with Crippen LogP contribution in [0.2, 0.25) is 0 Å². The van der Waals surface area contributed by atoms with E-state index in [1.807, 2.05) is 5.10 Å². The zero-order valence-electron chi connectivity index (χ0n) is 27.0. The number of piperidine rings is 1. The van der Waals surface area contributed by atoms with Crippen LogP contribution in [0.1, 0.15) is 59.7 Å². The minimum absolute atomic E-state index is 0.00558. The molecule has 0 saturated carbocycles. The summed E-state index contributed by atoms with van der Waals surface area (Å²) >= 11 is 0. The number of rotatable bonds is 12. The summed E-state index contributed by atoms with van der Waals surface area (Å²) in [6, 6.07) is 17.0. The van der Waals surface area contributed by atoms with Crippen molar-refractivity contribution in [2.24, 2.45) is 0 Å². The molecule has 0 aliphatic carbocycles. The first-order valence-electron chi connectivity index (χ1n) is 15.4. The average molecular weight is 741 g/mol. The first kappa shape index (κ1) is 37.9. The van der Waals surface area contributed by atoms with E-state index in [1.165, 1.54) is 11.9 Å². The fourth-order valence-corrected chi connectivity index (χ4v) is 5.80. The number of aromatic nitrogens is 3. The first-order valence-corrected chi connectivity index (χ1v) is 15.4. The quantitative estimate of drug-likeness (QED) is 0.0534. The standard InChI is InChI=1S/C32H30F6N6O8/c1-20(22-14-24(31(33,34)35)16-25(15-22)32(36,37)38)50-19-30(23-10-6-3-7-11-23)13-12-26(43-27(44(47)48)39-40-28(43)45)17-42(30)41-52-51-29(46)49-18-21-8-4-2-5-9-21/h2-11,14-16,20,26,41H,12-13,17-19H2,1H3,(H,40,45)/t20-,26+,30-/m1/s1. The highest BCUT2D eigenvalue weighted by atomic mass is 19.4. The molecule has 20 heteroatoms. The Kier molecular flexibility index (Phi) is 11.3. The number of halogens is 6. The number of nitro groups is 1. The van der Waals surface area contributed by atoms with Crippen molar-refractivity contribution in [1.29, 1.82) is 0 Å². The molecule has 1 saturated heterocycles. The van der Waals surface area contributed by atoms with E-state index in [-0.39, 0.29) is 32.1 Å². The van der Waals surface area contributed by atoms with Gasteiger partial charge in [0.1, 0.15) is 12.6 Å². The first-order chi connectivity index (χ1) is 24.6. The molecule has 0 spiro atoms. The Morgan fingerprint density at radius 2 is 1.65 bits per heavy atom. The molecule has 0 radical (unpaired) electrons. The zero-order chi connectivity index (χ0) is 37.7. The maximum absolute atomic E-state index is 13.6. The van der Waals surface area contributed by atoms with E-state index in [4.69, 9.17) is 19.3 Å². The molecule has 5 rings (SSSR count). The summed E-state index contributed by atoms with van der Waals surface area (Å²) in [5.74, 6) is -0.793. The number of hydrogen-bond acceptors (Lipinski definition) is 11. The molecule has 0 unspecified atom stereocenters. The Bertz CT molecular complexity index is 1870. The summed E-state index contributed by atoms with van der Waals surface area (Å²) in [7, 11) is 0. The van der Waals surface area contributed by atoms with Gasteiger partial charge in [-0.15, -0.1) is 5.10 Å². The van der Waals surface area contributed by atoms with Crippen molar-refractivity contribution in [1.82, 2.24) is 25.4 Å². The smallest absolute Gasteiger partial charge is 0.427 e. The van der Waals surface area contributed by atoms with E-state index in [0.29, 0.717) is 23.3 Å². The molecule has 3 aromatic carbocycles. The third kappa shape index (κ3) is 8.76. The SMILES string of the molecule is C[C@@H](OC[C@@]1(c2ccccc2)CC[C@H](n2c([N+](=O)[O-])n[nH]c2=O)CN1NOOC(=O)OCc1ccccc1)c1cc(C(F)(F)F)cc(C(F)(F)F)c1. The van der Waals surface area contributed by atoms with Crippen molar-refractivity contribution in [2.75, 3.05) is 13.2 Å². The van der Waals surface area contributed by atoms with Gasteiger partial charge in [0.15, 0.2) is 0 Å². The topological polar surface area (TPSA) is 163 Å². The van der Waals surface area contributed by atoms with Crippen LogP contribution in [-0.2, 0) is 43.8 Å². The number of hydrazine groups is 1. The van der Waals surface area contributed by atoms with E-state index in [1.54, 1.807) is 60.7 Å². The lowest BCUT2D eigenvalue weighted by molar-refractivity contribution is -0.398. The highest BCUT2D eigenvalue weighted by Gasteiger charge is 2.48. The minimum atomic E-state index is -5.09. The van der Waals surface area contributed by atoms with Gasteiger partial charge in [0.25, 0.3) is 0 Å². The second-order valence-corrected chi connectivity index (χ2v) is 11.7. The Balaban J connectivity index is 1.45. The van der Waals surface area contributed by atoms with Crippen molar-refractivity contribution in [3.05, 3.63) is 127 Å². The number of carbonyl (C=O) groups is 1. The number of benzene rings is 3. The number of hydrogen-bond donors (Lipinski definition) is 2. The highest BCUT2D eigenvalue weighted by Crippen LogP contribution is 2.43. The van der Waals surface area contributed by atoms with E-state index < -0.39 is 76.1 Å². The molecule has 52 heavy (non-hydrogen) atoms. The highest BCUT2D eigenvalue weighted by molar-refractivity contribution is 5.59. The molecule has 2 heterocycles. The maximum Gasteiger partial charge on any atom is 0.542 e. The van der Waals surface area contributed by atoms with Crippen molar-refractivity contribution in [3.63, 3.8) is 0 Å². The lowest BCUT2D eigenvalue weighted by Crippen LogP contribution is -2.60. The van der Waals surface area contributed by atoms with Gasteiger partial charge in [-0.3, -0.25) is 0 Å². The molecule has 0 bridgehead atoms. The summed E-state index contributed by atoms with van der Waals surface area (Å²) in [6.45, 7) is 0.373. The molecule has 1 fully saturated rings. The number of ether oxygens (including phenoxy) is 2. The average Bonchev–Trinajstić information content (AvgIpc) is 3.51. The van der Waals surface area contributed by atoms with Gasteiger partial charge in [-0.2, -0.15) is 30.9 Å². The van der Waals surface area contributed by atoms with E-state index in [9.17, 15) is 46.0 Å². The van der Waals surface area contributed by atoms with Gasteiger partial charge in [-0.05, 0) is 59.6 Å². The van der Waals surface area contributed by atoms with Gasteiger partial charge in [0.2, 0.25) is 0 Å². The van der Waals surface area contributed by atoms with Crippen molar-refractivity contribution < 1.29 is 55.4 Å². The van der Waals surface area contributed by atoms with Crippen LogP contribution in [0.3, 0.4) is 0 Å². The molecule has 0 amide bonds. The van der Waals surface area contributed by atoms with Crippen molar-refractivity contribution in [2.45, 2.75) is 56.4 Å². The zero-order valence-corrected chi connectivity index (χ0v) is 27.0. The van der Waals surface area contributed by atoms with Gasteiger partial charge in [0.05, 0.1) is 35.9 Å². The minimum Gasteiger partial charge on any atom is -0.427 e. The summed E-state index contributed by atoms with van der Waals surface area (Å²) in [4.78, 5) is 45.5. The van der Waals surface area contributed by atoms with E-state index in [2.05, 4.69) is 10.7 Å². The van der Waals surface area contributed by atoms with E-state index in [0.717, 1.165) is 4.57 Å². The number of nitrogens with zero attached hydrogens (tertiary/aromatic N) is 4. The van der Waals surface area contributed by atoms with Crippen LogP contribution in [0.25, 0.3) is 0 Å². The summed E-state index contributed by atoms with van der Waals surface area (Å²) < 4.78 is 93.6. The Morgan fingerprint density at radius 1 is 1.04 bits per heavy atom. The number of alkyl halides is 6. The second kappa shape index (κ2) is 15.5. The summed E-state index contributed by atoms with van der Waals surface area (Å²) in [5.41, 5.74) is -2.21. The molecule has 14 nitrogen and oxygen atoms in total. The molecule has 1 aromatic heterocycles. The van der Waals surface area contributed by atoms with Crippen molar-refractivity contribution in [3.8, 4) is 0 Å². The molecular formula is C32H30F6N6O8. The molecule has 1 aliphatic heterocycles. The fraction of sp³-hybridized carbons (Fsp3) is 0.344. The van der Waals surface area contributed by atoms with Gasteiger partial charge < -0.3 is 19.6 Å². The lowest BCUT2D eigenvalue weighted by Gasteiger charge is -2.48. The summed E-state index contributed by atoms with van der Waals surface area (Å²) in [6.07, 6.45) is -12.7. The maximum atomic E-state index is 13.6. The number of H-pyrrole nitrogens is 1. The lowest BCUT2D eigenvalue weighted by atomic mass is 9.80. The van der Waals surface area contributed by atoms with Gasteiger partial charge in [-0.25, -0.2) is 19.5 Å². The van der Waals surface area contributed by atoms with Gasteiger partial charge >= 0.3 is 30.1 Å². The Morgan fingerprint density at radius 3 is 2.25 bits per heavy atom. The second-order valence-electron chi connectivity index (χ2n) is 11.7. The van der Waals surface area contributed by atoms with Crippen LogP contribution in [0.5, 0.6) is 0 Å². The largest absolute Gasteiger partial charge is 0.542 e. The van der Waals surface area contributed by atoms with Crippen LogP contribution >= 0.6 is 0 Å². The third-order valence-corrected chi connectivity index (χ3v) is 8.43.